The molecule has 2 N–H and O–H groups in total. The van der Waals surface area contributed by atoms with E-state index < -0.39 is 0 Å². The van der Waals surface area contributed by atoms with Crippen molar-refractivity contribution < 1.29 is 14.3 Å². The normalized spacial score (nSPS) is 10.3. The lowest BCUT2D eigenvalue weighted by Crippen LogP contribution is -2.29. The van der Waals surface area contributed by atoms with E-state index in [0.717, 1.165) is 17.7 Å². The van der Waals surface area contributed by atoms with Gasteiger partial charge in [-0.15, -0.1) is 0 Å². The second-order valence-corrected chi connectivity index (χ2v) is 5.54. The first-order chi connectivity index (χ1) is 12.2. The Hall–Kier alpha value is -2.60. The molecule has 1 aromatic carbocycles. The molecule has 6 nitrogen and oxygen atoms in total. The highest BCUT2D eigenvalue weighted by Gasteiger charge is 2.05. The third kappa shape index (κ3) is 6.43. The predicted molar refractivity (Wildman–Crippen MR) is 96.8 cm³/mol. The molecule has 2 aromatic rings. The molecule has 0 saturated heterocycles. The SMILES string of the molecule is COc1ccc(CCNC(=O)CCNCc2ccccn2)cc1OC. The van der Waals surface area contributed by atoms with E-state index in [2.05, 4.69) is 15.6 Å². The molecule has 0 aliphatic carbocycles. The quantitative estimate of drug-likeness (QED) is 0.645. The molecular weight excluding hydrogens is 318 g/mol. The minimum absolute atomic E-state index is 0.0361. The van der Waals surface area contributed by atoms with E-state index >= 15 is 0 Å². The van der Waals surface area contributed by atoms with Crippen molar-refractivity contribution in [3.8, 4) is 11.5 Å². The van der Waals surface area contributed by atoms with Crippen molar-refractivity contribution in [3.63, 3.8) is 0 Å². The van der Waals surface area contributed by atoms with E-state index in [-0.39, 0.29) is 5.91 Å². The van der Waals surface area contributed by atoms with Crippen LogP contribution in [0.4, 0.5) is 0 Å². The van der Waals surface area contributed by atoms with Crippen molar-refractivity contribution in [3.05, 3.63) is 53.9 Å². The van der Waals surface area contributed by atoms with Crippen molar-refractivity contribution in [1.29, 1.82) is 0 Å². The van der Waals surface area contributed by atoms with Crippen LogP contribution >= 0.6 is 0 Å². The summed E-state index contributed by atoms with van der Waals surface area (Å²) in [5.74, 6) is 1.44. The largest absolute Gasteiger partial charge is 0.493 e. The average Bonchev–Trinajstić information content (AvgIpc) is 2.66. The Bertz CT molecular complexity index is 662. The molecule has 1 aromatic heterocycles. The molecule has 1 heterocycles. The lowest BCUT2D eigenvalue weighted by atomic mass is 10.1. The van der Waals surface area contributed by atoms with Gasteiger partial charge >= 0.3 is 0 Å². The molecule has 0 aliphatic heterocycles. The number of hydrogen-bond acceptors (Lipinski definition) is 5. The van der Waals surface area contributed by atoms with Gasteiger partial charge in [0.1, 0.15) is 0 Å². The van der Waals surface area contributed by atoms with Crippen molar-refractivity contribution in [1.82, 2.24) is 15.6 Å². The monoisotopic (exact) mass is 343 g/mol. The molecule has 6 heteroatoms. The number of methoxy groups -OCH3 is 2. The van der Waals surface area contributed by atoms with Crippen LogP contribution in [-0.4, -0.2) is 38.2 Å². The van der Waals surface area contributed by atoms with Crippen LogP contribution < -0.4 is 20.1 Å². The third-order valence-electron chi connectivity index (χ3n) is 3.74. The number of carbonyl (C=O) groups excluding carboxylic acids is 1. The van der Waals surface area contributed by atoms with Gasteiger partial charge in [-0.1, -0.05) is 12.1 Å². The average molecular weight is 343 g/mol. The van der Waals surface area contributed by atoms with Gasteiger partial charge in [0.15, 0.2) is 11.5 Å². The number of benzene rings is 1. The minimum atomic E-state index is 0.0361. The summed E-state index contributed by atoms with van der Waals surface area (Å²) in [5, 5.41) is 6.14. The first-order valence-electron chi connectivity index (χ1n) is 8.31. The van der Waals surface area contributed by atoms with Crippen LogP contribution in [0.25, 0.3) is 0 Å². The van der Waals surface area contributed by atoms with Crippen LogP contribution in [0.1, 0.15) is 17.7 Å². The van der Waals surface area contributed by atoms with E-state index in [1.165, 1.54) is 0 Å². The van der Waals surface area contributed by atoms with E-state index in [0.29, 0.717) is 37.6 Å². The van der Waals surface area contributed by atoms with Gasteiger partial charge in [-0.05, 0) is 36.2 Å². The summed E-state index contributed by atoms with van der Waals surface area (Å²) in [7, 11) is 3.22. The molecule has 0 saturated carbocycles. The maximum Gasteiger partial charge on any atom is 0.221 e. The van der Waals surface area contributed by atoms with Crippen LogP contribution in [0.2, 0.25) is 0 Å². The molecule has 0 spiro atoms. The first kappa shape index (κ1) is 18.7. The molecule has 0 fully saturated rings. The fraction of sp³-hybridized carbons (Fsp3) is 0.368. The smallest absolute Gasteiger partial charge is 0.221 e. The molecular formula is C19H25N3O3. The number of hydrogen-bond donors (Lipinski definition) is 2. The topological polar surface area (TPSA) is 72.5 Å². The summed E-state index contributed by atoms with van der Waals surface area (Å²) < 4.78 is 10.5. The van der Waals surface area contributed by atoms with Crippen molar-refractivity contribution in [2.45, 2.75) is 19.4 Å². The van der Waals surface area contributed by atoms with Crippen LogP contribution in [0, 0.1) is 0 Å². The van der Waals surface area contributed by atoms with Crippen LogP contribution in [0.15, 0.2) is 42.6 Å². The summed E-state index contributed by atoms with van der Waals surface area (Å²) in [6.45, 7) is 1.88. The van der Waals surface area contributed by atoms with E-state index in [4.69, 9.17) is 9.47 Å². The van der Waals surface area contributed by atoms with Gasteiger partial charge in [0.25, 0.3) is 0 Å². The van der Waals surface area contributed by atoms with E-state index in [9.17, 15) is 4.79 Å². The zero-order valence-corrected chi connectivity index (χ0v) is 14.7. The van der Waals surface area contributed by atoms with Gasteiger partial charge in [0, 0.05) is 32.3 Å². The summed E-state index contributed by atoms with van der Waals surface area (Å²) in [5.41, 5.74) is 2.06. The summed E-state index contributed by atoms with van der Waals surface area (Å²) in [4.78, 5) is 16.1. The molecule has 0 radical (unpaired) electrons. The van der Waals surface area contributed by atoms with Gasteiger partial charge in [0.05, 0.1) is 19.9 Å². The number of aromatic nitrogens is 1. The molecule has 0 bridgehead atoms. The fourth-order valence-corrected chi connectivity index (χ4v) is 2.39. The number of pyridine rings is 1. The molecule has 2 rings (SSSR count). The zero-order chi connectivity index (χ0) is 17.9. The Labute approximate surface area is 148 Å². The van der Waals surface area contributed by atoms with Gasteiger partial charge in [0.2, 0.25) is 5.91 Å². The Kier molecular flexibility index (Phi) is 7.72. The van der Waals surface area contributed by atoms with Gasteiger partial charge < -0.3 is 20.1 Å². The Morgan fingerprint density at radius 3 is 2.64 bits per heavy atom. The van der Waals surface area contributed by atoms with Gasteiger partial charge in [-0.2, -0.15) is 0 Å². The van der Waals surface area contributed by atoms with Gasteiger partial charge in [-0.25, -0.2) is 0 Å². The zero-order valence-electron chi connectivity index (χ0n) is 14.7. The highest BCUT2D eigenvalue weighted by Crippen LogP contribution is 2.27. The van der Waals surface area contributed by atoms with Gasteiger partial charge in [-0.3, -0.25) is 9.78 Å². The van der Waals surface area contributed by atoms with Crippen molar-refractivity contribution in [2.24, 2.45) is 0 Å². The summed E-state index contributed by atoms with van der Waals surface area (Å²) in [6.07, 6.45) is 2.95. The van der Waals surface area contributed by atoms with Crippen LogP contribution in [0.3, 0.4) is 0 Å². The third-order valence-corrected chi connectivity index (χ3v) is 3.74. The number of nitrogens with one attached hydrogen (secondary N) is 2. The standard InChI is InChI=1S/C19H25N3O3/c1-24-17-7-6-15(13-18(17)25-2)8-12-22-19(23)9-11-20-14-16-5-3-4-10-21-16/h3-7,10,13,20H,8-9,11-12,14H2,1-2H3,(H,22,23). The Balaban J connectivity index is 1.63. The molecule has 1 amide bonds. The number of nitrogens with zero attached hydrogens (tertiary/aromatic N) is 1. The number of rotatable bonds is 10. The predicted octanol–water partition coefficient (Wildman–Crippen LogP) is 1.94. The molecule has 134 valence electrons. The number of ether oxygens (including phenoxy) is 2. The van der Waals surface area contributed by atoms with E-state index in [1.807, 2.05) is 36.4 Å². The molecule has 0 aliphatic rings. The molecule has 0 atom stereocenters. The lowest BCUT2D eigenvalue weighted by Gasteiger charge is -2.10. The van der Waals surface area contributed by atoms with Crippen molar-refractivity contribution in [2.75, 3.05) is 27.3 Å². The fourth-order valence-electron chi connectivity index (χ4n) is 2.39. The second-order valence-electron chi connectivity index (χ2n) is 5.54. The van der Waals surface area contributed by atoms with Crippen LogP contribution in [0.5, 0.6) is 11.5 Å². The second kappa shape index (κ2) is 10.3. The maximum atomic E-state index is 11.9. The molecule has 0 unspecified atom stereocenters. The first-order valence-corrected chi connectivity index (χ1v) is 8.31. The highest BCUT2D eigenvalue weighted by molar-refractivity contribution is 5.76. The highest BCUT2D eigenvalue weighted by atomic mass is 16.5. The minimum Gasteiger partial charge on any atom is -0.493 e. The number of carbonyl (C=O) groups is 1. The Morgan fingerprint density at radius 1 is 1.08 bits per heavy atom. The summed E-state index contributed by atoms with van der Waals surface area (Å²) >= 11 is 0. The van der Waals surface area contributed by atoms with Crippen molar-refractivity contribution >= 4 is 5.91 Å². The number of amides is 1. The maximum absolute atomic E-state index is 11.9. The summed E-state index contributed by atoms with van der Waals surface area (Å²) in [6, 6.07) is 11.6. The van der Waals surface area contributed by atoms with Crippen LogP contribution in [-0.2, 0) is 17.8 Å². The molecule has 25 heavy (non-hydrogen) atoms. The lowest BCUT2D eigenvalue weighted by molar-refractivity contribution is -0.120. The van der Waals surface area contributed by atoms with E-state index in [1.54, 1.807) is 20.4 Å². The Morgan fingerprint density at radius 2 is 1.92 bits per heavy atom.